The van der Waals surface area contributed by atoms with Crippen molar-refractivity contribution < 1.29 is 0 Å². The van der Waals surface area contributed by atoms with Crippen molar-refractivity contribution in [2.24, 2.45) is 0 Å². The second kappa shape index (κ2) is 3.93. The molecule has 0 atom stereocenters. The number of hydrogen-bond acceptors (Lipinski definition) is 4. The van der Waals surface area contributed by atoms with E-state index in [0.717, 1.165) is 19.6 Å². The van der Waals surface area contributed by atoms with Gasteiger partial charge >= 0.3 is 83.1 Å². The monoisotopic (exact) mass is 296 g/mol. The molecule has 4 nitrogen and oxygen atoms in total. The number of rotatable bonds is 0. The number of nitrogens with zero attached hydrogens (tertiary/aromatic N) is 1. The van der Waals surface area contributed by atoms with E-state index in [4.69, 9.17) is 0 Å². The molecule has 3 saturated heterocycles. The molecule has 0 unspecified atom stereocenters. The zero-order chi connectivity index (χ0) is 8.44. The predicted octanol–water partition coefficient (Wildman–Crippen LogP) is -1.09. The van der Waals surface area contributed by atoms with Gasteiger partial charge in [0.2, 0.25) is 0 Å². The second-order valence-corrected chi connectivity index (χ2v) is 14.4. The summed E-state index contributed by atoms with van der Waals surface area (Å²) < 4.78 is 10.7. The molecule has 3 fully saturated rings. The first-order chi connectivity index (χ1) is 5.79. The Kier molecular flexibility index (Phi) is 3.09. The summed E-state index contributed by atoms with van der Waals surface area (Å²) in [6.07, 6.45) is 0. The van der Waals surface area contributed by atoms with E-state index in [1.807, 2.05) is 0 Å². The molecule has 0 aromatic rings. The Balaban J connectivity index is 2.06. The number of hydrogen-bond donors (Lipinski definition) is 3. The summed E-state index contributed by atoms with van der Waals surface area (Å²) >= 11 is 1.66. The van der Waals surface area contributed by atoms with Crippen LogP contribution in [0.3, 0.4) is 0 Å². The Bertz CT molecular complexity index is 141. The van der Waals surface area contributed by atoms with Crippen LogP contribution in [0.15, 0.2) is 0 Å². The van der Waals surface area contributed by atoms with Crippen molar-refractivity contribution in [2.45, 2.75) is 0 Å². The van der Waals surface area contributed by atoms with Gasteiger partial charge in [-0.3, -0.25) is 0 Å². The third kappa shape index (κ3) is 2.21. The molecule has 3 heterocycles. The van der Waals surface area contributed by atoms with E-state index < -0.39 is 12.1 Å². The van der Waals surface area contributed by atoms with Crippen molar-refractivity contribution in [3.8, 4) is 0 Å². The van der Waals surface area contributed by atoms with Gasteiger partial charge in [0.25, 0.3) is 0 Å². The third-order valence-electron chi connectivity index (χ3n) is 2.39. The molecule has 3 N–H and O–H groups in total. The van der Waals surface area contributed by atoms with E-state index in [9.17, 15) is 0 Å². The molecule has 12 heavy (non-hydrogen) atoms. The van der Waals surface area contributed by atoms with Crippen molar-refractivity contribution in [1.82, 2.24) is 17.7 Å². The Morgan fingerprint density at radius 2 is 1.33 bits per heavy atom. The van der Waals surface area contributed by atoms with Crippen molar-refractivity contribution in [2.75, 3.05) is 39.3 Å². The first kappa shape index (κ1) is 9.42. The summed E-state index contributed by atoms with van der Waals surface area (Å²) in [6, 6.07) is 0. The maximum absolute atomic E-state index is 3.80. The summed E-state index contributed by atoms with van der Waals surface area (Å²) in [4.78, 5) is 2.49. The molecular weight excluding hydrogens is 281 g/mol. The molecule has 0 amide bonds. The molecule has 3 aliphatic heterocycles. The molecule has 0 aromatic heterocycles. The van der Waals surface area contributed by atoms with Crippen LogP contribution >= 0.6 is 14.0 Å². The number of fused-ring (bicyclic) bond motifs is 6. The van der Waals surface area contributed by atoms with Gasteiger partial charge in [-0.05, 0) is 0 Å². The van der Waals surface area contributed by atoms with Gasteiger partial charge in [0, 0.05) is 0 Å². The molecule has 0 saturated carbocycles. The molecule has 3 rings (SSSR count). The molecule has 0 aliphatic carbocycles. The van der Waals surface area contributed by atoms with E-state index in [-0.39, 0.29) is 0 Å². The number of nitrogens with one attached hydrogen (secondary N) is 3. The minimum absolute atomic E-state index is 1.10. The summed E-state index contributed by atoms with van der Waals surface area (Å²) in [6.45, 7) is 6.90. The average molecular weight is 296 g/mol. The Hall–Kier alpha value is 0.863. The van der Waals surface area contributed by atoms with Crippen LogP contribution in [0, 0.1) is 0 Å². The maximum atomic E-state index is 3.80. The fourth-order valence-corrected chi connectivity index (χ4v) is 8.43. The summed E-state index contributed by atoms with van der Waals surface area (Å²) in [7, 11) is 0. The fourth-order valence-electron chi connectivity index (χ4n) is 1.68. The summed E-state index contributed by atoms with van der Waals surface area (Å²) in [5, 5.41) is 0. The van der Waals surface area contributed by atoms with Gasteiger partial charge in [-0.25, -0.2) is 0 Å². The van der Waals surface area contributed by atoms with Crippen LogP contribution in [-0.4, -0.2) is 56.3 Å². The Morgan fingerprint density at radius 3 is 1.75 bits per heavy atom. The van der Waals surface area contributed by atoms with Gasteiger partial charge in [-0.1, -0.05) is 0 Å². The van der Waals surface area contributed by atoms with Crippen molar-refractivity contribution in [3.63, 3.8) is 0 Å². The normalized spacial score (nSPS) is 43.2. The van der Waals surface area contributed by atoms with E-state index in [1.165, 1.54) is 19.6 Å². The fraction of sp³-hybridized carbons (Fsp3) is 1.00. The SMILES string of the molecule is [Br][Ge]12[NH]CCN(CC[NH]1)CC[NH]2. The third-order valence-corrected chi connectivity index (χ3v) is 11.4. The van der Waals surface area contributed by atoms with Gasteiger partial charge in [-0.15, -0.1) is 0 Å². The van der Waals surface area contributed by atoms with Crippen molar-refractivity contribution >= 4 is 26.1 Å². The summed E-state index contributed by atoms with van der Waals surface area (Å²) in [5.74, 6) is 0. The van der Waals surface area contributed by atoms with Gasteiger partial charge < -0.3 is 0 Å². The van der Waals surface area contributed by atoms with Crippen LogP contribution in [0.1, 0.15) is 0 Å². The van der Waals surface area contributed by atoms with Crippen molar-refractivity contribution in [1.29, 1.82) is 0 Å². The standard InChI is InChI=1S/C6H15BrGeN4/c7-8-9-1-4-12(5-2-10-8)6-3-11-8/h9-11H,1-6H2. The van der Waals surface area contributed by atoms with Crippen LogP contribution in [0.2, 0.25) is 0 Å². The molecule has 0 aromatic carbocycles. The molecule has 70 valence electrons. The van der Waals surface area contributed by atoms with E-state index in [1.54, 1.807) is 0 Å². The van der Waals surface area contributed by atoms with Gasteiger partial charge in [0.1, 0.15) is 0 Å². The van der Waals surface area contributed by atoms with Crippen LogP contribution < -0.4 is 12.8 Å². The van der Waals surface area contributed by atoms with E-state index >= 15 is 0 Å². The number of halogens is 1. The van der Waals surface area contributed by atoms with Crippen LogP contribution in [0.25, 0.3) is 0 Å². The predicted molar refractivity (Wildman–Crippen MR) is 55.1 cm³/mol. The van der Waals surface area contributed by atoms with Crippen LogP contribution in [0.5, 0.6) is 0 Å². The topological polar surface area (TPSA) is 39.3 Å². The zero-order valence-electron chi connectivity index (χ0n) is 7.07. The van der Waals surface area contributed by atoms with E-state index in [0.29, 0.717) is 0 Å². The van der Waals surface area contributed by atoms with Crippen LogP contribution in [0.4, 0.5) is 0 Å². The second-order valence-electron chi connectivity index (χ2n) is 3.28. The van der Waals surface area contributed by atoms with Crippen molar-refractivity contribution in [3.05, 3.63) is 0 Å². The average Bonchev–Trinajstić information content (AvgIpc) is 1.93. The molecule has 2 bridgehead atoms. The van der Waals surface area contributed by atoms with Gasteiger partial charge in [-0.2, -0.15) is 0 Å². The molecule has 3 aliphatic rings. The molecule has 6 heteroatoms. The molecular formula is C6H15BrGeN4. The van der Waals surface area contributed by atoms with Gasteiger partial charge in [0.15, 0.2) is 0 Å². The Labute approximate surface area is 83.1 Å². The van der Waals surface area contributed by atoms with Crippen LogP contribution in [-0.2, 0) is 0 Å². The molecule has 0 radical (unpaired) electrons. The minimum atomic E-state index is -2.14. The quantitative estimate of drug-likeness (QED) is 0.497. The summed E-state index contributed by atoms with van der Waals surface area (Å²) in [5.41, 5.74) is 0. The Morgan fingerprint density at radius 1 is 0.917 bits per heavy atom. The van der Waals surface area contributed by atoms with E-state index in [2.05, 4.69) is 31.7 Å². The first-order valence-corrected chi connectivity index (χ1v) is 12.5. The van der Waals surface area contributed by atoms with Gasteiger partial charge in [0.05, 0.1) is 0 Å². The zero-order valence-corrected chi connectivity index (χ0v) is 10.8. The first-order valence-electron chi connectivity index (χ1n) is 4.45. The molecule has 0 spiro atoms.